The highest BCUT2D eigenvalue weighted by atomic mass is 32.2. The predicted molar refractivity (Wildman–Crippen MR) is 108 cm³/mol. The Kier molecular flexibility index (Phi) is 6.04. The van der Waals surface area contributed by atoms with Crippen LogP contribution in [-0.4, -0.2) is 24.2 Å². The van der Waals surface area contributed by atoms with Gasteiger partial charge in [-0.3, -0.25) is 4.79 Å². The molecule has 26 heavy (non-hydrogen) atoms. The van der Waals surface area contributed by atoms with Gasteiger partial charge in [0.1, 0.15) is 5.00 Å². The van der Waals surface area contributed by atoms with Crippen LogP contribution in [0.4, 0.5) is 5.00 Å². The van der Waals surface area contributed by atoms with E-state index >= 15 is 0 Å². The molecule has 1 aromatic carbocycles. The van der Waals surface area contributed by atoms with Gasteiger partial charge < -0.3 is 10.1 Å². The van der Waals surface area contributed by atoms with E-state index in [0.717, 1.165) is 36.1 Å². The zero-order valence-electron chi connectivity index (χ0n) is 15.3. The second kappa shape index (κ2) is 8.27. The number of nitrogens with one attached hydrogen (secondary N) is 1. The summed E-state index contributed by atoms with van der Waals surface area (Å²) >= 11 is 3.17. The zero-order valence-corrected chi connectivity index (χ0v) is 16.9. The summed E-state index contributed by atoms with van der Waals surface area (Å²) in [5, 5.41) is 3.97. The van der Waals surface area contributed by atoms with Crippen molar-refractivity contribution >= 4 is 40.0 Å². The molecule has 138 valence electrons. The number of amides is 1. The monoisotopic (exact) mass is 389 g/mol. The first kappa shape index (κ1) is 19.0. The topological polar surface area (TPSA) is 55.4 Å². The Morgan fingerprint density at radius 2 is 1.92 bits per heavy atom. The molecule has 0 unspecified atom stereocenters. The maximum Gasteiger partial charge on any atom is 0.341 e. The molecule has 0 bridgehead atoms. The Bertz CT molecular complexity index is 826. The average Bonchev–Trinajstić information content (AvgIpc) is 2.98. The van der Waals surface area contributed by atoms with E-state index < -0.39 is 0 Å². The van der Waals surface area contributed by atoms with Crippen molar-refractivity contribution < 1.29 is 14.3 Å². The van der Waals surface area contributed by atoms with Gasteiger partial charge in [-0.1, -0.05) is 26.0 Å². The summed E-state index contributed by atoms with van der Waals surface area (Å²) in [6, 6.07) is 7.58. The van der Waals surface area contributed by atoms with Crippen LogP contribution in [0.5, 0.6) is 0 Å². The maximum atomic E-state index is 12.9. The average molecular weight is 390 g/mol. The molecular weight excluding hydrogens is 366 g/mol. The van der Waals surface area contributed by atoms with Gasteiger partial charge in [-0.15, -0.1) is 23.1 Å². The third-order valence-corrected chi connectivity index (χ3v) is 6.57. The summed E-state index contributed by atoms with van der Waals surface area (Å²) in [6.45, 7) is 4.20. The Labute approximate surface area is 162 Å². The molecule has 0 spiro atoms. The molecule has 0 fully saturated rings. The van der Waals surface area contributed by atoms with Gasteiger partial charge in [0.25, 0.3) is 5.91 Å². The van der Waals surface area contributed by atoms with Crippen LogP contribution >= 0.6 is 23.1 Å². The van der Waals surface area contributed by atoms with Crippen LogP contribution < -0.4 is 5.32 Å². The van der Waals surface area contributed by atoms with Crippen LogP contribution in [0.25, 0.3) is 0 Å². The summed E-state index contributed by atoms with van der Waals surface area (Å²) in [5.74, 6) is -0.554. The van der Waals surface area contributed by atoms with E-state index in [1.807, 2.05) is 24.3 Å². The number of thiophene rings is 1. The van der Waals surface area contributed by atoms with Gasteiger partial charge in [0.15, 0.2) is 0 Å². The zero-order chi connectivity index (χ0) is 18.7. The fraction of sp³-hybridized carbons (Fsp3) is 0.400. The van der Waals surface area contributed by atoms with E-state index in [4.69, 9.17) is 4.74 Å². The first-order valence-corrected chi connectivity index (χ1v) is 10.5. The highest BCUT2D eigenvalue weighted by Crippen LogP contribution is 2.39. The Morgan fingerprint density at radius 1 is 1.19 bits per heavy atom. The van der Waals surface area contributed by atoms with Gasteiger partial charge in [-0.05, 0) is 43.4 Å². The Balaban J connectivity index is 1.93. The lowest BCUT2D eigenvalue weighted by Crippen LogP contribution is -2.16. The fourth-order valence-corrected chi connectivity index (χ4v) is 5.38. The number of esters is 1. The molecule has 1 aliphatic rings. The van der Waals surface area contributed by atoms with Crippen LogP contribution in [0.1, 0.15) is 57.8 Å². The molecule has 0 saturated heterocycles. The third-order valence-electron chi connectivity index (χ3n) is 4.28. The first-order chi connectivity index (χ1) is 12.5. The Morgan fingerprint density at radius 3 is 2.65 bits per heavy atom. The number of benzene rings is 1. The molecule has 4 nitrogen and oxygen atoms in total. The smallest absolute Gasteiger partial charge is 0.341 e. The number of anilines is 1. The van der Waals surface area contributed by atoms with Crippen LogP contribution in [0.3, 0.4) is 0 Å². The second-order valence-corrected chi connectivity index (χ2v) is 9.25. The molecule has 0 saturated carbocycles. The lowest BCUT2D eigenvalue weighted by Gasteiger charge is -2.12. The van der Waals surface area contributed by atoms with Crippen molar-refractivity contribution in [2.24, 2.45) is 0 Å². The highest BCUT2D eigenvalue weighted by Gasteiger charge is 2.27. The summed E-state index contributed by atoms with van der Waals surface area (Å²) in [5.41, 5.74) is 2.22. The van der Waals surface area contributed by atoms with Crippen LogP contribution in [0, 0.1) is 0 Å². The predicted octanol–water partition coefficient (Wildman–Crippen LogP) is 5.17. The molecule has 0 atom stereocenters. The minimum Gasteiger partial charge on any atom is -0.465 e. The number of aryl methyl sites for hydroxylation is 1. The van der Waals surface area contributed by atoms with Crippen LogP contribution in [-0.2, 0) is 17.6 Å². The molecule has 1 amide bonds. The highest BCUT2D eigenvalue weighted by molar-refractivity contribution is 8.00. The standard InChI is InChI=1S/C20H23NO3S2/c1-12(2)25-16-11-7-5-9-14(16)18(22)21-19-17(20(23)24-3)13-8-4-6-10-15(13)26-19/h5,7,9,11-12H,4,6,8,10H2,1-3H3,(H,21,22). The minimum absolute atomic E-state index is 0.183. The molecule has 0 radical (unpaired) electrons. The van der Waals surface area contributed by atoms with Gasteiger partial charge in [0.2, 0.25) is 0 Å². The quantitative estimate of drug-likeness (QED) is 0.566. The molecule has 1 aromatic heterocycles. The second-order valence-electron chi connectivity index (χ2n) is 6.52. The fourth-order valence-electron chi connectivity index (χ4n) is 3.15. The summed E-state index contributed by atoms with van der Waals surface area (Å²) < 4.78 is 4.98. The third kappa shape index (κ3) is 3.96. The van der Waals surface area contributed by atoms with Crippen LogP contribution in [0.15, 0.2) is 29.2 Å². The molecule has 1 aliphatic carbocycles. The number of rotatable bonds is 5. The SMILES string of the molecule is COC(=O)c1c(NC(=O)c2ccccc2SC(C)C)sc2c1CCCC2. The summed E-state index contributed by atoms with van der Waals surface area (Å²) in [4.78, 5) is 27.4. The molecule has 6 heteroatoms. The largest absolute Gasteiger partial charge is 0.465 e. The van der Waals surface area contributed by atoms with Gasteiger partial charge in [-0.2, -0.15) is 0 Å². The van der Waals surface area contributed by atoms with E-state index in [1.165, 1.54) is 23.3 Å². The molecule has 1 heterocycles. The van der Waals surface area contributed by atoms with E-state index in [0.29, 0.717) is 21.4 Å². The summed E-state index contributed by atoms with van der Waals surface area (Å²) in [6.07, 6.45) is 4.01. The lowest BCUT2D eigenvalue weighted by atomic mass is 9.95. The summed E-state index contributed by atoms with van der Waals surface area (Å²) in [7, 11) is 1.38. The van der Waals surface area contributed by atoms with Gasteiger partial charge >= 0.3 is 5.97 Å². The maximum absolute atomic E-state index is 12.9. The van der Waals surface area contributed by atoms with Crippen LogP contribution in [0.2, 0.25) is 0 Å². The van der Waals surface area contributed by atoms with Crippen molar-refractivity contribution in [3.8, 4) is 0 Å². The molecule has 0 aliphatic heterocycles. The van der Waals surface area contributed by atoms with E-state index in [-0.39, 0.29) is 11.9 Å². The number of carbonyl (C=O) groups is 2. The number of hydrogen-bond acceptors (Lipinski definition) is 5. The molecular formula is C20H23NO3S2. The van der Waals surface area contributed by atoms with Crippen molar-refractivity contribution in [1.29, 1.82) is 0 Å². The van der Waals surface area contributed by atoms with Crippen molar-refractivity contribution in [3.63, 3.8) is 0 Å². The molecule has 2 aromatic rings. The van der Waals surface area contributed by atoms with E-state index in [2.05, 4.69) is 19.2 Å². The molecule has 3 rings (SSSR count). The van der Waals surface area contributed by atoms with Gasteiger partial charge in [0.05, 0.1) is 18.2 Å². The number of thioether (sulfide) groups is 1. The lowest BCUT2D eigenvalue weighted by molar-refractivity contribution is 0.0601. The van der Waals surface area contributed by atoms with Crippen molar-refractivity contribution in [2.75, 3.05) is 12.4 Å². The number of hydrogen-bond donors (Lipinski definition) is 1. The van der Waals surface area contributed by atoms with Crippen molar-refractivity contribution in [3.05, 3.63) is 45.8 Å². The van der Waals surface area contributed by atoms with Crippen molar-refractivity contribution in [2.45, 2.75) is 49.7 Å². The normalized spacial score (nSPS) is 13.4. The first-order valence-electron chi connectivity index (χ1n) is 8.81. The van der Waals surface area contributed by atoms with Gasteiger partial charge in [0, 0.05) is 15.0 Å². The van der Waals surface area contributed by atoms with Crippen molar-refractivity contribution in [1.82, 2.24) is 0 Å². The van der Waals surface area contributed by atoms with E-state index in [9.17, 15) is 9.59 Å². The van der Waals surface area contributed by atoms with Gasteiger partial charge in [-0.25, -0.2) is 4.79 Å². The number of fused-ring (bicyclic) bond motifs is 1. The van der Waals surface area contributed by atoms with E-state index in [1.54, 1.807) is 11.8 Å². The number of methoxy groups -OCH3 is 1. The Hall–Kier alpha value is -1.79. The molecule has 1 N–H and O–H groups in total. The number of carbonyl (C=O) groups excluding carboxylic acids is 2. The number of ether oxygens (including phenoxy) is 1. The minimum atomic E-state index is -0.371.